The number of benzene rings is 2. The van der Waals surface area contributed by atoms with Crippen molar-refractivity contribution in [3.63, 3.8) is 0 Å². The molecule has 33 heavy (non-hydrogen) atoms. The second-order valence-electron chi connectivity index (χ2n) is 8.48. The molecule has 4 rings (SSSR count). The molecule has 2 heterocycles. The molecule has 0 saturated carbocycles. The number of sulfonamides is 1. The summed E-state index contributed by atoms with van der Waals surface area (Å²) in [6.07, 6.45) is 1.26. The smallest absolute Gasteiger partial charge is 0.243 e. The topological polar surface area (TPSA) is 79.0 Å². The molecule has 178 valence electrons. The first kappa shape index (κ1) is 23.8. The van der Waals surface area contributed by atoms with Gasteiger partial charge in [0.15, 0.2) is 0 Å². The third kappa shape index (κ3) is 5.78. The van der Waals surface area contributed by atoms with E-state index in [1.807, 2.05) is 6.07 Å². The van der Waals surface area contributed by atoms with Gasteiger partial charge in [0.1, 0.15) is 5.82 Å². The van der Waals surface area contributed by atoms with Crippen molar-refractivity contribution in [2.45, 2.75) is 23.8 Å². The van der Waals surface area contributed by atoms with Crippen molar-refractivity contribution in [1.29, 1.82) is 0 Å². The third-order valence-electron chi connectivity index (χ3n) is 6.33. The van der Waals surface area contributed by atoms with Gasteiger partial charge in [0, 0.05) is 32.7 Å². The summed E-state index contributed by atoms with van der Waals surface area (Å²) < 4.78 is 46.7. The summed E-state index contributed by atoms with van der Waals surface area (Å²) in [6, 6.07) is 14.6. The van der Waals surface area contributed by atoms with Crippen molar-refractivity contribution in [2.24, 2.45) is 5.92 Å². The average molecular weight is 476 g/mol. The molecule has 2 aromatic rings. The molecule has 9 heteroatoms. The first-order valence-electron chi connectivity index (χ1n) is 11.4. The Morgan fingerprint density at radius 3 is 2.58 bits per heavy atom. The maximum Gasteiger partial charge on any atom is 0.243 e. The molecule has 2 aliphatic heterocycles. The highest BCUT2D eigenvalue weighted by atomic mass is 32.2. The van der Waals surface area contributed by atoms with Gasteiger partial charge >= 0.3 is 0 Å². The van der Waals surface area contributed by atoms with Gasteiger partial charge in [-0.3, -0.25) is 9.69 Å². The number of ether oxygens (including phenoxy) is 1. The maximum absolute atomic E-state index is 13.9. The van der Waals surface area contributed by atoms with Crippen LogP contribution in [0.2, 0.25) is 0 Å². The number of morpholine rings is 1. The van der Waals surface area contributed by atoms with Crippen LogP contribution in [0.1, 0.15) is 24.4 Å². The lowest BCUT2D eigenvalue weighted by atomic mass is 9.98. The van der Waals surface area contributed by atoms with E-state index >= 15 is 0 Å². The molecule has 0 radical (unpaired) electrons. The fraction of sp³-hybridized carbons (Fsp3) is 0.458. The lowest BCUT2D eigenvalue weighted by molar-refractivity contribution is -0.126. The van der Waals surface area contributed by atoms with Gasteiger partial charge in [0.25, 0.3) is 0 Å². The normalized spacial score (nSPS) is 21.4. The van der Waals surface area contributed by atoms with Gasteiger partial charge in [-0.2, -0.15) is 4.31 Å². The minimum absolute atomic E-state index is 0.158. The molecule has 0 spiro atoms. The second kappa shape index (κ2) is 10.7. The fourth-order valence-electron chi connectivity index (χ4n) is 4.52. The Morgan fingerprint density at radius 1 is 1.09 bits per heavy atom. The van der Waals surface area contributed by atoms with Gasteiger partial charge in [-0.05, 0) is 42.7 Å². The lowest BCUT2D eigenvalue weighted by Gasteiger charge is -2.36. The van der Waals surface area contributed by atoms with E-state index in [1.54, 1.807) is 36.4 Å². The number of nitrogens with one attached hydrogen (secondary N) is 1. The zero-order valence-corrected chi connectivity index (χ0v) is 19.3. The molecule has 0 aliphatic carbocycles. The highest BCUT2D eigenvalue weighted by Gasteiger charge is 2.34. The zero-order chi connectivity index (χ0) is 23.3. The Balaban J connectivity index is 1.43. The highest BCUT2D eigenvalue weighted by molar-refractivity contribution is 7.89. The van der Waals surface area contributed by atoms with E-state index in [-0.39, 0.29) is 29.2 Å². The van der Waals surface area contributed by atoms with E-state index in [4.69, 9.17) is 4.74 Å². The van der Waals surface area contributed by atoms with Crippen LogP contribution in [0, 0.1) is 11.7 Å². The molecular weight excluding hydrogens is 445 g/mol. The summed E-state index contributed by atoms with van der Waals surface area (Å²) in [7, 11) is -3.64. The summed E-state index contributed by atoms with van der Waals surface area (Å²) in [5.74, 6) is -0.904. The number of nitrogens with zero attached hydrogens (tertiary/aromatic N) is 2. The van der Waals surface area contributed by atoms with E-state index in [9.17, 15) is 17.6 Å². The van der Waals surface area contributed by atoms with Crippen LogP contribution in [0.3, 0.4) is 0 Å². The number of rotatable bonds is 7. The Labute approximate surface area is 194 Å². The molecular formula is C24H30FN3O4S. The quantitative estimate of drug-likeness (QED) is 0.666. The molecule has 0 aromatic heterocycles. The average Bonchev–Trinajstić information content (AvgIpc) is 2.85. The van der Waals surface area contributed by atoms with Gasteiger partial charge < -0.3 is 10.1 Å². The van der Waals surface area contributed by atoms with E-state index in [0.717, 1.165) is 5.56 Å². The molecule has 2 aromatic carbocycles. The van der Waals surface area contributed by atoms with Crippen molar-refractivity contribution < 1.29 is 22.3 Å². The summed E-state index contributed by atoms with van der Waals surface area (Å²) in [6.45, 7) is 3.46. The number of hydrogen-bond acceptors (Lipinski definition) is 5. The monoisotopic (exact) mass is 475 g/mol. The van der Waals surface area contributed by atoms with Crippen LogP contribution in [-0.2, 0) is 19.6 Å². The number of carbonyl (C=O) groups is 1. The predicted octanol–water partition coefficient (Wildman–Crippen LogP) is 2.42. The minimum Gasteiger partial charge on any atom is -0.379 e. The molecule has 1 N–H and O–H groups in total. The van der Waals surface area contributed by atoms with Crippen LogP contribution < -0.4 is 5.32 Å². The summed E-state index contributed by atoms with van der Waals surface area (Å²) in [5, 5.41) is 3.01. The van der Waals surface area contributed by atoms with Gasteiger partial charge in [0.05, 0.1) is 30.1 Å². The Kier molecular flexibility index (Phi) is 7.75. The standard InChI is InChI=1S/C24H30FN3O4S/c25-21-8-4-6-19(16-21)23(27-12-14-32-15-13-27)17-26-24(29)20-7-5-11-28(18-20)33(30,31)22-9-2-1-3-10-22/h1-4,6,8-10,16,20,23H,5,7,11-15,17-18H2,(H,26,29). The summed E-state index contributed by atoms with van der Waals surface area (Å²) in [4.78, 5) is 15.5. The van der Waals surface area contributed by atoms with E-state index in [0.29, 0.717) is 52.2 Å². The highest BCUT2D eigenvalue weighted by Crippen LogP contribution is 2.25. The van der Waals surface area contributed by atoms with Gasteiger partial charge in [-0.1, -0.05) is 30.3 Å². The molecule has 2 fully saturated rings. The van der Waals surface area contributed by atoms with Crippen LogP contribution in [0.4, 0.5) is 4.39 Å². The lowest BCUT2D eigenvalue weighted by Crippen LogP contribution is -2.48. The van der Waals surface area contributed by atoms with Gasteiger partial charge in [-0.25, -0.2) is 12.8 Å². The van der Waals surface area contributed by atoms with E-state index in [1.165, 1.54) is 16.4 Å². The molecule has 2 unspecified atom stereocenters. The Hall–Kier alpha value is -2.33. The molecule has 2 saturated heterocycles. The summed E-state index contributed by atoms with van der Waals surface area (Å²) >= 11 is 0. The minimum atomic E-state index is -3.64. The van der Waals surface area contributed by atoms with Crippen LogP contribution in [-0.4, -0.2) is 69.5 Å². The van der Waals surface area contributed by atoms with Crippen LogP contribution in [0.25, 0.3) is 0 Å². The first-order valence-corrected chi connectivity index (χ1v) is 12.8. The molecule has 0 bridgehead atoms. The third-order valence-corrected chi connectivity index (χ3v) is 8.20. The van der Waals surface area contributed by atoms with E-state index < -0.39 is 15.9 Å². The van der Waals surface area contributed by atoms with Crippen molar-refractivity contribution in [3.05, 3.63) is 66.0 Å². The maximum atomic E-state index is 13.9. The zero-order valence-electron chi connectivity index (χ0n) is 18.5. The van der Waals surface area contributed by atoms with Crippen molar-refractivity contribution >= 4 is 15.9 Å². The SMILES string of the molecule is O=C(NCC(c1cccc(F)c1)N1CCOCC1)C1CCCN(S(=O)(=O)c2ccccc2)C1. The second-order valence-corrected chi connectivity index (χ2v) is 10.4. The number of amides is 1. The number of halogens is 1. The molecule has 2 aliphatic rings. The van der Waals surface area contributed by atoms with Crippen molar-refractivity contribution in [2.75, 3.05) is 45.9 Å². The Bertz CT molecular complexity index is 1040. The van der Waals surface area contributed by atoms with Crippen LogP contribution >= 0.6 is 0 Å². The fourth-order valence-corrected chi connectivity index (χ4v) is 6.06. The first-order chi connectivity index (χ1) is 15.9. The van der Waals surface area contributed by atoms with E-state index in [2.05, 4.69) is 10.2 Å². The molecule has 2 atom stereocenters. The molecule has 1 amide bonds. The van der Waals surface area contributed by atoms with Crippen molar-refractivity contribution in [3.8, 4) is 0 Å². The largest absolute Gasteiger partial charge is 0.379 e. The number of carbonyl (C=O) groups excluding carboxylic acids is 1. The molecule has 7 nitrogen and oxygen atoms in total. The Morgan fingerprint density at radius 2 is 1.85 bits per heavy atom. The van der Waals surface area contributed by atoms with Gasteiger partial charge in [-0.15, -0.1) is 0 Å². The van der Waals surface area contributed by atoms with Crippen LogP contribution in [0.15, 0.2) is 59.5 Å². The number of hydrogen-bond donors (Lipinski definition) is 1. The number of piperidine rings is 1. The predicted molar refractivity (Wildman–Crippen MR) is 122 cm³/mol. The van der Waals surface area contributed by atoms with Crippen LogP contribution in [0.5, 0.6) is 0 Å². The summed E-state index contributed by atoms with van der Waals surface area (Å²) in [5.41, 5.74) is 0.800. The van der Waals surface area contributed by atoms with Crippen molar-refractivity contribution in [1.82, 2.24) is 14.5 Å². The van der Waals surface area contributed by atoms with Gasteiger partial charge in [0.2, 0.25) is 15.9 Å².